The zero-order chi connectivity index (χ0) is 20.7. The van der Waals surface area contributed by atoms with Gasteiger partial charge in [0.05, 0.1) is 17.3 Å². The number of nitriles is 1. The van der Waals surface area contributed by atoms with Crippen LogP contribution in [-0.2, 0) is 9.53 Å². The highest BCUT2D eigenvalue weighted by atomic mass is 16.6. The van der Waals surface area contributed by atoms with Gasteiger partial charge in [-0.05, 0) is 58.9 Å². The second-order valence-corrected chi connectivity index (χ2v) is 8.51. The van der Waals surface area contributed by atoms with Crippen molar-refractivity contribution in [1.82, 2.24) is 9.80 Å². The monoisotopic (exact) mass is 383 g/mol. The molecular weight excluding hydrogens is 358 g/mol. The number of amides is 2. The molecule has 0 radical (unpaired) electrons. The molecule has 2 heterocycles. The predicted octanol–water partition coefficient (Wildman–Crippen LogP) is 3.15. The second-order valence-electron chi connectivity index (χ2n) is 8.51. The van der Waals surface area contributed by atoms with E-state index < -0.39 is 17.3 Å². The Balaban J connectivity index is 1.86. The zero-order valence-electron chi connectivity index (χ0n) is 16.9. The molecule has 1 aromatic rings. The maximum absolute atomic E-state index is 12.9. The van der Waals surface area contributed by atoms with Crippen LogP contribution < -0.4 is 4.74 Å². The third-order valence-electron chi connectivity index (χ3n) is 4.41. The normalized spacial score (nSPS) is 18.6. The van der Waals surface area contributed by atoms with E-state index in [1.165, 1.54) is 4.90 Å². The molecule has 0 bridgehead atoms. The third kappa shape index (κ3) is 4.11. The van der Waals surface area contributed by atoms with E-state index in [1.54, 1.807) is 43.9 Å². The summed E-state index contributed by atoms with van der Waals surface area (Å²) < 4.78 is 11.4. The Morgan fingerprint density at radius 2 is 2.00 bits per heavy atom. The molecule has 0 aromatic heterocycles. The lowest BCUT2D eigenvalue weighted by Gasteiger charge is -2.39. The first kappa shape index (κ1) is 19.7. The van der Waals surface area contributed by atoms with Gasteiger partial charge in [0.25, 0.3) is 0 Å². The van der Waals surface area contributed by atoms with Crippen LogP contribution in [0, 0.1) is 11.3 Å². The molecule has 1 saturated heterocycles. The Morgan fingerprint density at radius 1 is 1.29 bits per heavy atom. The Kier molecular flexibility index (Phi) is 4.84. The summed E-state index contributed by atoms with van der Waals surface area (Å²) in [7, 11) is 0. The maximum Gasteiger partial charge on any atom is 0.410 e. The van der Waals surface area contributed by atoms with Crippen molar-refractivity contribution >= 4 is 17.7 Å². The average molecular weight is 383 g/mol. The molecule has 1 fully saturated rings. The number of rotatable bonds is 1. The van der Waals surface area contributed by atoms with Gasteiger partial charge in [-0.2, -0.15) is 5.26 Å². The van der Waals surface area contributed by atoms with Crippen molar-refractivity contribution < 1.29 is 19.1 Å². The van der Waals surface area contributed by atoms with E-state index in [0.29, 0.717) is 35.7 Å². The number of fused-ring (bicyclic) bond motifs is 1. The van der Waals surface area contributed by atoms with Crippen LogP contribution >= 0.6 is 0 Å². The third-order valence-corrected chi connectivity index (χ3v) is 4.41. The van der Waals surface area contributed by atoms with Gasteiger partial charge in [0.15, 0.2) is 0 Å². The maximum atomic E-state index is 12.9. The number of carbonyl (C=O) groups excluding carboxylic acids is 2. The number of hydrogen-bond donors (Lipinski definition) is 0. The highest BCUT2D eigenvalue weighted by molar-refractivity contribution is 5.92. The largest absolute Gasteiger partial charge is 0.483 e. The first-order valence-corrected chi connectivity index (χ1v) is 9.24. The van der Waals surface area contributed by atoms with Gasteiger partial charge in [0.2, 0.25) is 5.91 Å². The summed E-state index contributed by atoms with van der Waals surface area (Å²) in [5, 5.41) is 9.23. The summed E-state index contributed by atoms with van der Waals surface area (Å²) in [5.74, 6) is 0.429. The number of ether oxygens (including phenoxy) is 2. The van der Waals surface area contributed by atoms with Crippen molar-refractivity contribution in [3.63, 3.8) is 0 Å². The first-order chi connectivity index (χ1) is 13.0. The van der Waals surface area contributed by atoms with Gasteiger partial charge in [-0.25, -0.2) is 4.79 Å². The first-order valence-electron chi connectivity index (χ1n) is 9.24. The highest BCUT2D eigenvalue weighted by Gasteiger charge is 2.36. The molecule has 2 aliphatic heterocycles. The van der Waals surface area contributed by atoms with E-state index in [-0.39, 0.29) is 12.5 Å². The number of carbonyl (C=O) groups is 2. The summed E-state index contributed by atoms with van der Waals surface area (Å²) in [6, 6.07) is 7.30. The van der Waals surface area contributed by atoms with Gasteiger partial charge in [0, 0.05) is 18.7 Å². The van der Waals surface area contributed by atoms with Crippen molar-refractivity contribution in [2.45, 2.75) is 45.8 Å². The van der Waals surface area contributed by atoms with Crippen LogP contribution in [0.5, 0.6) is 5.75 Å². The Morgan fingerprint density at radius 3 is 2.61 bits per heavy atom. The van der Waals surface area contributed by atoms with Crippen molar-refractivity contribution in [1.29, 1.82) is 5.26 Å². The molecule has 1 aromatic carbocycles. The lowest BCUT2D eigenvalue weighted by Crippen LogP contribution is -2.53. The zero-order valence-corrected chi connectivity index (χ0v) is 16.9. The standard InChI is InChI=1S/C21H25N3O4/c1-20(2,3)28-19(26)23-8-9-24(18(25)13-23)16-11-21(4,5)27-17-7-6-14(12-22)10-15(16)17/h6-7,10-11H,8-9,13H2,1-5H3. The number of benzene rings is 1. The topological polar surface area (TPSA) is 82.9 Å². The Bertz CT molecular complexity index is 890. The van der Waals surface area contributed by atoms with Crippen molar-refractivity contribution in [3.8, 4) is 11.8 Å². The van der Waals surface area contributed by atoms with E-state index >= 15 is 0 Å². The van der Waals surface area contributed by atoms with Gasteiger partial charge in [-0.1, -0.05) is 0 Å². The smallest absolute Gasteiger partial charge is 0.410 e. The van der Waals surface area contributed by atoms with Crippen molar-refractivity contribution in [2.24, 2.45) is 0 Å². The summed E-state index contributed by atoms with van der Waals surface area (Å²) in [6.45, 7) is 9.86. The molecule has 0 spiro atoms. The number of hydrogen-bond acceptors (Lipinski definition) is 5. The summed E-state index contributed by atoms with van der Waals surface area (Å²) >= 11 is 0. The van der Waals surface area contributed by atoms with E-state index in [9.17, 15) is 14.9 Å². The average Bonchev–Trinajstić information content (AvgIpc) is 2.58. The molecule has 0 unspecified atom stereocenters. The molecule has 28 heavy (non-hydrogen) atoms. The minimum Gasteiger partial charge on any atom is -0.483 e. The SMILES string of the molecule is CC(C)(C)OC(=O)N1CCN(C2=CC(C)(C)Oc3ccc(C#N)cc32)C(=O)C1. The van der Waals surface area contributed by atoms with E-state index in [2.05, 4.69) is 6.07 Å². The van der Waals surface area contributed by atoms with Crippen LogP contribution in [0.25, 0.3) is 5.70 Å². The van der Waals surface area contributed by atoms with Gasteiger partial charge in [-0.15, -0.1) is 0 Å². The second kappa shape index (κ2) is 6.86. The fourth-order valence-electron chi connectivity index (χ4n) is 3.24. The molecule has 7 nitrogen and oxygen atoms in total. The van der Waals surface area contributed by atoms with Crippen LogP contribution in [-0.4, -0.2) is 52.6 Å². The van der Waals surface area contributed by atoms with Crippen LogP contribution in [0.15, 0.2) is 24.3 Å². The van der Waals surface area contributed by atoms with Crippen molar-refractivity contribution in [3.05, 3.63) is 35.4 Å². The van der Waals surface area contributed by atoms with Crippen LogP contribution in [0.2, 0.25) is 0 Å². The van der Waals surface area contributed by atoms with Crippen LogP contribution in [0.1, 0.15) is 45.7 Å². The van der Waals surface area contributed by atoms with Crippen molar-refractivity contribution in [2.75, 3.05) is 19.6 Å². The number of nitrogens with zero attached hydrogens (tertiary/aromatic N) is 3. The van der Waals surface area contributed by atoms with Gasteiger partial charge >= 0.3 is 6.09 Å². The van der Waals surface area contributed by atoms with E-state index in [0.717, 1.165) is 0 Å². The van der Waals surface area contributed by atoms with Crippen LogP contribution in [0.4, 0.5) is 4.79 Å². The predicted molar refractivity (Wildman–Crippen MR) is 103 cm³/mol. The number of piperazine rings is 1. The molecule has 148 valence electrons. The molecule has 2 aliphatic rings. The fourth-order valence-corrected chi connectivity index (χ4v) is 3.24. The molecular formula is C21H25N3O4. The summed E-state index contributed by atoms with van der Waals surface area (Å²) in [5.41, 5.74) is 0.693. The van der Waals surface area contributed by atoms with Crippen LogP contribution in [0.3, 0.4) is 0 Å². The molecule has 7 heteroatoms. The summed E-state index contributed by atoms with van der Waals surface area (Å²) in [4.78, 5) is 28.2. The Hall–Kier alpha value is -3.01. The minimum atomic E-state index is -0.614. The molecule has 0 saturated carbocycles. The Labute approximate surface area is 165 Å². The van der Waals surface area contributed by atoms with E-state index in [1.807, 2.05) is 19.9 Å². The minimum absolute atomic E-state index is 0.0547. The fraction of sp³-hybridized carbons (Fsp3) is 0.476. The molecule has 2 amide bonds. The molecule has 0 atom stereocenters. The lowest BCUT2D eigenvalue weighted by molar-refractivity contribution is -0.132. The lowest BCUT2D eigenvalue weighted by atomic mass is 9.96. The molecule has 0 N–H and O–H groups in total. The molecule has 0 aliphatic carbocycles. The molecule has 3 rings (SSSR count). The quantitative estimate of drug-likeness (QED) is 0.744. The van der Waals surface area contributed by atoms with Gasteiger partial charge < -0.3 is 14.4 Å². The van der Waals surface area contributed by atoms with Gasteiger partial charge in [0.1, 0.15) is 23.5 Å². The highest BCUT2D eigenvalue weighted by Crippen LogP contribution is 2.38. The summed E-state index contributed by atoms with van der Waals surface area (Å²) in [6.07, 6.45) is 1.39. The van der Waals surface area contributed by atoms with E-state index in [4.69, 9.17) is 9.47 Å². The van der Waals surface area contributed by atoms with Gasteiger partial charge in [-0.3, -0.25) is 9.69 Å².